The Hall–Kier alpha value is -2.34. The van der Waals surface area contributed by atoms with Crippen molar-refractivity contribution in [3.05, 3.63) is 39.7 Å². The van der Waals surface area contributed by atoms with Gasteiger partial charge in [0.05, 0.1) is 11.0 Å². The third-order valence-electron chi connectivity index (χ3n) is 7.22. The molecule has 1 amide bonds. The molecule has 6 heteroatoms. The molecule has 2 aromatic rings. The Labute approximate surface area is 189 Å². The Morgan fingerprint density at radius 3 is 2.91 bits per heavy atom. The van der Waals surface area contributed by atoms with E-state index in [9.17, 15) is 14.7 Å². The van der Waals surface area contributed by atoms with Crippen LogP contribution in [0.25, 0.3) is 11.0 Å². The lowest BCUT2D eigenvalue weighted by molar-refractivity contribution is -0.149. The molecule has 6 nitrogen and oxygen atoms in total. The minimum atomic E-state index is -0.666. The summed E-state index contributed by atoms with van der Waals surface area (Å²) < 4.78 is 11.7. The highest BCUT2D eigenvalue weighted by atomic mass is 16.5. The predicted molar refractivity (Wildman–Crippen MR) is 124 cm³/mol. The molecule has 1 aromatic carbocycles. The van der Waals surface area contributed by atoms with Gasteiger partial charge in [0.1, 0.15) is 11.3 Å². The third-order valence-corrected chi connectivity index (χ3v) is 7.22. The van der Waals surface area contributed by atoms with E-state index in [1.54, 1.807) is 13.0 Å². The van der Waals surface area contributed by atoms with Crippen molar-refractivity contribution >= 4 is 16.9 Å². The number of hydrogen-bond donors (Lipinski definition) is 1. The second kappa shape index (κ2) is 9.26. The lowest BCUT2D eigenvalue weighted by Crippen LogP contribution is -2.56. The summed E-state index contributed by atoms with van der Waals surface area (Å²) in [5.74, 6) is 0.678. The van der Waals surface area contributed by atoms with Crippen molar-refractivity contribution in [2.75, 3.05) is 13.1 Å². The standard InChI is InChI=1S/C26H35NO5/c1-4-5-8-19-15-23(28)32-22-14-17(2)13-21(24(19)22)31-18(3)25(29)27-12-11-26(30)10-7-6-9-20(26)16-27/h13-15,18,20,30H,4-12,16H2,1-3H3/t18-,20-,26+/m1/s1. The van der Waals surface area contributed by atoms with E-state index >= 15 is 0 Å². The first kappa shape index (κ1) is 22.8. The number of rotatable bonds is 6. The van der Waals surface area contributed by atoms with E-state index in [0.717, 1.165) is 61.5 Å². The summed E-state index contributed by atoms with van der Waals surface area (Å²) in [6.07, 6.45) is 6.69. The van der Waals surface area contributed by atoms with Crippen molar-refractivity contribution in [1.82, 2.24) is 4.90 Å². The molecular weight excluding hydrogens is 406 g/mol. The molecule has 2 aliphatic rings. The van der Waals surface area contributed by atoms with Crippen LogP contribution >= 0.6 is 0 Å². The molecule has 0 unspecified atom stereocenters. The monoisotopic (exact) mass is 441 g/mol. The highest BCUT2D eigenvalue weighted by Gasteiger charge is 2.44. The normalized spacial score (nSPS) is 24.2. The number of piperidine rings is 1. The van der Waals surface area contributed by atoms with Gasteiger partial charge in [0.2, 0.25) is 0 Å². The van der Waals surface area contributed by atoms with Gasteiger partial charge in [-0.2, -0.15) is 0 Å². The van der Waals surface area contributed by atoms with Crippen LogP contribution in [0, 0.1) is 12.8 Å². The first-order chi connectivity index (χ1) is 15.3. The average Bonchev–Trinajstić information content (AvgIpc) is 2.75. The summed E-state index contributed by atoms with van der Waals surface area (Å²) >= 11 is 0. The number of carbonyl (C=O) groups is 1. The zero-order valence-electron chi connectivity index (χ0n) is 19.5. The van der Waals surface area contributed by atoms with Gasteiger partial charge in [0, 0.05) is 25.1 Å². The van der Waals surface area contributed by atoms with E-state index in [4.69, 9.17) is 9.15 Å². The zero-order valence-corrected chi connectivity index (χ0v) is 19.5. The fourth-order valence-corrected chi connectivity index (χ4v) is 5.40. The number of nitrogens with zero attached hydrogens (tertiary/aromatic N) is 1. The molecule has 174 valence electrons. The number of hydrogen-bond acceptors (Lipinski definition) is 5. The maximum atomic E-state index is 13.3. The van der Waals surface area contributed by atoms with Crippen molar-refractivity contribution in [3.63, 3.8) is 0 Å². The van der Waals surface area contributed by atoms with Crippen molar-refractivity contribution < 1.29 is 19.1 Å². The Kier molecular flexibility index (Phi) is 6.61. The highest BCUT2D eigenvalue weighted by molar-refractivity contribution is 5.88. The van der Waals surface area contributed by atoms with E-state index in [2.05, 4.69) is 6.92 Å². The molecule has 3 atom stereocenters. The minimum absolute atomic E-state index is 0.0558. The Balaban J connectivity index is 1.57. The van der Waals surface area contributed by atoms with Gasteiger partial charge in [-0.05, 0) is 69.2 Å². The molecule has 4 rings (SSSR count). The van der Waals surface area contributed by atoms with Crippen LogP contribution in [0.15, 0.2) is 27.4 Å². The summed E-state index contributed by atoms with van der Waals surface area (Å²) in [6, 6.07) is 5.30. The number of unbranched alkanes of at least 4 members (excludes halogenated alkanes) is 1. The molecule has 1 saturated heterocycles. The van der Waals surface area contributed by atoms with Gasteiger partial charge in [0.15, 0.2) is 6.10 Å². The Morgan fingerprint density at radius 2 is 2.12 bits per heavy atom. The van der Waals surface area contributed by atoms with E-state index < -0.39 is 11.7 Å². The van der Waals surface area contributed by atoms with Gasteiger partial charge < -0.3 is 19.2 Å². The van der Waals surface area contributed by atoms with Gasteiger partial charge in [-0.3, -0.25) is 4.79 Å². The molecule has 0 bridgehead atoms. The van der Waals surface area contributed by atoms with Gasteiger partial charge in [-0.15, -0.1) is 0 Å². The number of fused-ring (bicyclic) bond motifs is 2. The fourth-order valence-electron chi connectivity index (χ4n) is 5.40. The average molecular weight is 442 g/mol. The molecule has 32 heavy (non-hydrogen) atoms. The largest absolute Gasteiger partial charge is 0.480 e. The summed E-state index contributed by atoms with van der Waals surface area (Å²) in [5.41, 5.74) is 1.34. The highest BCUT2D eigenvalue weighted by Crippen LogP contribution is 2.40. The number of aryl methyl sites for hydroxylation is 2. The molecular formula is C26H35NO5. The van der Waals surface area contributed by atoms with Gasteiger partial charge in [0.25, 0.3) is 5.91 Å². The molecule has 0 spiro atoms. The number of ether oxygens (including phenoxy) is 1. The van der Waals surface area contributed by atoms with Crippen molar-refractivity contribution in [2.24, 2.45) is 5.92 Å². The second-order valence-corrected chi connectivity index (χ2v) is 9.67. The number of carbonyl (C=O) groups excluding carboxylic acids is 1. The minimum Gasteiger partial charge on any atom is -0.480 e. The van der Waals surface area contributed by atoms with E-state index in [1.807, 2.05) is 24.0 Å². The Bertz CT molecular complexity index is 1040. The van der Waals surface area contributed by atoms with Crippen LogP contribution in [0.1, 0.15) is 69.9 Å². The van der Waals surface area contributed by atoms with E-state index in [0.29, 0.717) is 30.8 Å². The summed E-state index contributed by atoms with van der Waals surface area (Å²) in [5, 5.41) is 11.7. The van der Waals surface area contributed by atoms with Crippen LogP contribution in [-0.4, -0.2) is 40.7 Å². The number of amides is 1. The fraction of sp³-hybridized carbons (Fsp3) is 0.615. The summed E-state index contributed by atoms with van der Waals surface area (Å²) in [6.45, 7) is 6.97. The summed E-state index contributed by atoms with van der Waals surface area (Å²) in [4.78, 5) is 27.2. The third kappa shape index (κ3) is 4.56. The lowest BCUT2D eigenvalue weighted by Gasteiger charge is -2.47. The quantitative estimate of drug-likeness (QED) is 0.674. The van der Waals surface area contributed by atoms with E-state index in [-0.39, 0.29) is 17.5 Å². The van der Waals surface area contributed by atoms with Crippen LogP contribution in [0.3, 0.4) is 0 Å². The van der Waals surface area contributed by atoms with Crippen molar-refractivity contribution in [2.45, 2.75) is 83.8 Å². The van der Waals surface area contributed by atoms with Gasteiger partial charge in [-0.25, -0.2) is 4.79 Å². The van der Waals surface area contributed by atoms with Crippen molar-refractivity contribution in [3.8, 4) is 5.75 Å². The lowest BCUT2D eigenvalue weighted by atomic mass is 9.71. The van der Waals surface area contributed by atoms with Gasteiger partial charge >= 0.3 is 5.63 Å². The Morgan fingerprint density at radius 1 is 1.31 bits per heavy atom. The molecule has 1 N–H and O–H groups in total. The van der Waals surface area contributed by atoms with Crippen LogP contribution in [0.5, 0.6) is 5.75 Å². The van der Waals surface area contributed by atoms with Gasteiger partial charge in [-0.1, -0.05) is 26.2 Å². The molecule has 1 aromatic heterocycles. The number of aliphatic hydroxyl groups is 1. The first-order valence-electron chi connectivity index (χ1n) is 12.1. The molecule has 2 fully saturated rings. The predicted octanol–water partition coefficient (Wildman–Crippen LogP) is 4.36. The van der Waals surface area contributed by atoms with Crippen LogP contribution in [0.4, 0.5) is 0 Å². The summed E-state index contributed by atoms with van der Waals surface area (Å²) in [7, 11) is 0. The van der Waals surface area contributed by atoms with Crippen LogP contribution < -0.4 is 10.4 Å². The first-order valence-corrected chi connectivity index (χ1v) is 12.1. The molecule has 1 aliphatic carbocycles. The maximum Gasteiger partial charge on any atom is 0.336 e. The topological polar surface area (TPSA) is 80.0 Å². The SMILES string of the molecule is CCCCc1cc(=O)oc2cc(C)cc(O[C@H](C)C(=O)N3CC[C@@]4(O)CCCC[C@@H]4C3)c12. The van der Waals surface area contributed by atoms with Crippen molar-refractivity contribution in [1.29, 1.82) is 0 Å². The smallest absolute Gasteiger partial charge is 0.336 e. The molecule has 1 saturated carbocycles. The van der Waals surface area contributed by atoms with Crippen LogP contribution in [0.2, 0.25) is 0 Å². The molecule has 2 heterocycles. The van der Waals surface area contributed by atoms with E-state index in [1.165, 1.54) is 0 Å². The maximum absolute atomic E-state index is 13.3. The zero-order chi connectivity index (χ0) is 22.9. The molecule has 1 aliphatic heterocycles. The number of likely N-dealkylation sites (tertiary alicyclic amines) is 1. The van der Waals surface area contributed by atoms with Crippen LogP contribution in [-0.2, 0) is 11.2 Å². The molecule has 0 radical (unpaired) electrons. The number of benzene rings is 1. The second-order valence-electron chi connectivity index (χ2n) is 9.67.